The molecule has 2 rings (SSSR count). The van der Waals surface area contributed by atoms with Gasteiger partial charge >= 0.3 is 0 Å². The molecule has 1 aliphatic rings. The van der Waals surface area contributed by atoms with Crippen LogP contribution in [-0.2, 0) is 5.75 Å². The molecule has 1 aliphatic heterocycles. The van der Waals surface area contributed by atoms with E-state index in [4.69, 9.17) is 11.6 Å². The van der Waals surface area contributed by atoms with E-state index in [-0.39, 0.29) is 6.10 Å². The largest absolute Gasteiger partial charge is 0.388 e. The van der Waals surface area contributed by atoms with E-state index in [9.17, 15) is 5.11 Å². The van der Waals surface area contributed by atoms with Crippen molar-refractivity contribution in [3.8, 4) is 0 Å². The minimum absolute atomic E-state index is 0.372. The second kappa shape index (κ2) is 3.81. The van der Waals surface area contributed by atoms with Gasteiger partial charge in [-0.2, -0.15) is 11.8 Å². The average Bonchev–Trinajstić information content (AvgIpc) is 2.07. The third kappa shape index (κ3) is 1.89. The van der Waals surface area contributed by atoms with Gasteiger partial charge in [0.15, 0.2) is 0 Å². The van der Waals surface area contributed by atoms with E-state index in [2.05, 4.69) is 15.9 Å². The Morgan fingerprint density at radius 2 is 2.31 bits per heavy atom. The van der Waals surface area contributed by atoms with Crippen molar-refractivity contribution in [3.05, 3.63) is 32.8 Å². The van der Waals surface area contributed by atoms with Gasteiger partial charge in [0, 0.05) is 21.0 Å². The quantitative estimate of drug-likeness (QED) is 0.785. The molecule has 0 spiro atoms. The average molecular weight is 280 g/mol. The highest BCUT2D eigenvalue weighted by molar-refractivity contribution is 9.10. The Kier molecular flexibility index (Phi) is 2.88. The standard InChI is InChI=1S/C9H8BrClOS/c10-5-1-6-7(8(11)2-5)3-13-4-9(6)12/h1-2,9,12H,3-4H2/t9-/m1/s1. The summed E-state index contributed by atoms with van der Waals surface area (Å²) in [5.41, 5.74) is 2.05. The fourth-order valence-electron chi connectivity index (χ4n) is 1.44. The van der Waals surface area contributed by atoms with E-state index in [1.165, 1.54) is 0 Å². The van der Waals surface area contributed by atoms with Crippen LogP contribution >= 0.6 is 39.3 Å². The summed E-state index contributed by atoms with van der Waals surface area (Å²) in [7, 11) is 0. The Balaban J connectivity index is 2.56. The molecule has 0 unspecified atom stereocenters. The van der Waals surface area contributed by atoms with Crippen molar-refractivity contribution in [2.24, 2.45) is 0 Å². The molecule has 70 valence electrons. The topological polar surface area (TPSA) is 20.2 Å². The number of hydrogen-bond donors (Lipinski definition) is 1. The second-order valence-electron chi connectivity index (χ2n) is 2.99. The first-order valence-electron chi connectivity index (χ1n) is 3.92. The molecule has 0 aromatic heterocycles. The van der Waals surface area contributed by atoms with Gasteiger partial charge in [-0.3, -0.25) is 0 Å². The van der Waals surface area contributed by atoms with Gasteiger partial charge in [-0.25, -0.2) is 0 Å². The van der Waals surface area contributed by atoms with Crippen LogP contribution in [-0.4, -0.2) is 10.9 Å². The molecule has 0 aliphatic carbocycles. The van der Waals surface area contributed by atoms with Gasteiger partial charge < -0.3 is 5.11 Å². The van der Waals surface area contributed by atoms with Crippen LogP contribution in [0.3, 0.4) is 0 Å². The van der Waals surface area contributed by atoms with E-state index in [0.717, 1.165) is 32.1 Å². The third-order valence-corrected chi connectivity index (χ3v) is 3.92. The zero-order valence-electron chi connectivity index (χ0n) is 6.76. The van der Waals surface area contributed by atoms with E-state index in [1.807, 2.05) is 12.1 Å². The van der Waals surface area contributed by atoms with Gasteiger partial charge in [-0.1, -0.05) is 27.5 Å². The van der Waals surface area contributed by atoms with Gasteiger partial charge in [0.25, 0.3) is 0 Å². The number of hydrogen-bond acceptors (Lipinski definition) is 2. The van der Waals surface area contributed by atoms with E-state index >= 15 is 0 Å². The number of fused-ring (bicyclic) bond motifs is 1. The molecule has 0 radical (unpaired) electrons. The van der Waals surface area contributed by atoms with Crippen LogP contribution in [0.25, 0.3) is 0 Å². The van der Waals surface area contributed by atoms with Crippen molar-refractivity contribution in [1.29, 1.82) is 0 Å². The molecule has 1 aromatic rings. The number of aliphatic hydroxyl groups is 1. The lowest BCUT2D eigenvalue weighted by molar-refractivity contribution is 0.201. The maximum atomic E-state index is 9.71. The van der Waals surface area contributed by atoms with Gasteiger partial charge in [0.2, 0.25) is 0 Å². The maximum absolute atomic E-state index is 9.71. The Morgan fingerprint density at radius 3 is 3.08 bits per heavy atom. The fraction of sp³-hybridized carbons (Fsp3) is 0.333. The summed E-state index contributed by atoms with van der Waals surface area (Å²) in [4.78, 5) is 0. The third-order valence-electron chi connectivity index (χ3n) is 2.08. The molecule has 1 N–H and O–H groups in total. The normalized spacial score (nSPS) is 21.3. The molecular formula is C9H8BrClOS. The highest BCUT2D eigenvalue weighted by atomic mass is 79.9. The van der Waals surface area contributed by atoms with Crippen LogP contribution in [0.1, 0.15) is 17.2 Å². The molecule has 0 bridgehead atoms. The number of halogens is 2. The Morgan fingerprint density at radius 1 is 1.54 bits per heavy atom. The van der Waals surface area contributed by atoms with Crippen LogP contribution in [0, 0.1) is 0 Å². The number of thioether (sulfide) groups is 1. The Bertz CT molecular complexity index is 343. The first-order valence-corrected chi connectivity index (χ1v) is 6.24. The predicted octanol–water partition coefficient (Wildman–Crippen LogP) is 3.38. The van der Waals surface area contributed by atoms with Crippen LogP contribution in [0.4, 0.5) is 0 Å². The molecule has 1 heterocycles. The zero-order chi connectivity index (χ0) is 9.42. The minimum Gasteiger partial charge on any atom is -0.388 e. The van der Waals surface area contributed by atoms with Crippen LogP contribution in [0.5, 0.6) is 0 Å². The summed E-state index contributed by atoms with van der Waals surface area (Å²) in [6.45, 7) is 0. The molecule has 13 heavy (non-hydrogen) atoms. The van der Waals surface area contributed by atoms with Crippen molar-refractivity contribution in [1.82, 2.24) is 0 Å². The van der Waals surface area contributed by atoms with Crippen LogP contribution in [0.2, 0.25) is 5.02 Å². The smallest absolute Gasteiger partial charge is 0.0884 e. The molecule has 1 nitrogen and oxygen atoms in total. The Labute approximate surface area is 94.6 Å². The summed E-state index contributed by atoms with van der Waals surface area (Å²) < 4.78 is 0.933. The monoisotopic (exact) mass is 278 g/mol. The molecule has 0 saturated carbocycles. The van der Waals surface area contributed by atoms with E-state index in [1.54, 1.807) is 11.8 Å². The summed E-state index contributed by atoms with van der Waals surface area (Å²) in [6, 6.07) is 3.82. The predicted molar refractivity (Wildman–Crippen MR) is 60.3 cm³/mol. The Hall–Kier alpha value is 0.300. The first-order chi connectivity index (χ1) is 6.18. The SMILES string of the molecule is O[C@@H]1CSCc2c(Cl)cc(Br)cc21. The highest BCUT2D eigenvalue weighted by Gasteiger charge is 2.20. The minimum atomic E-state index is -0.372. The van der Waals surface area contributed by atoms with Crippen molar-refractivity contribution in [2.45, 2.75) is 11.9 Å². The molecule has 1 aromatic carbocycles. The van der Waals surface area contributed by atoms with E-state index in [0.29, 0.717) is 0 Å². The van der Waals surface area contributed by atoms with Gasteiger partial charge in [-0.15, -0.1) is 0 Å². The van der Waals surface area contributed by atoms with Crippen molar-refractivity contribution in [2.75, 3.05) is 5.75 Å². The molecule has 1 atom stereocenters. The van der Waals surface area contributed by atoms with Gasteiger partial charge in [0.1, 0.15) is 0 Å². The lowest BCUT2D eigenvalue weighted by atomic mass is 10.0. The van der Waals surface area contributed by atoms with E-state index < -0.39 is 0 Å². The first kappa shape index (κ1) is 9.84. The lowest BCUT2D eigenvalue weighted by Gasteiger charge is -2.22. The zero-order valence-corrected chi connectivity index (χ0v) is 9.92. The number of benzene rings is 1. The molecule has 4 heteroatoms. The molecular weight excluding hydrogens is 272 g/mol. The van der Waals surface area contributed by atoms with Gasteiger partial charge in [0.05, 0.1) is 6.10 Å². The van der Waals surface area contributed by atoms with Gasteiger partial charge in [-0.05, 0) is 23.3 Å². The van der Waals surface area contributed by atoms with Crippen molar-refractivity contribution < 1.29 is 5.11 Å². The molecule has 0 saturated heterocycles. The second-order valence-corrected chi connectivity index (χ2v) is 5.34. The maximum Gasteiger partial charge on any atom is 0.0884 e. The fourth-order valence-corrected chi connectivity index (χ4v) is 3.46. The van der Waals surface area contributed by atoms with Crippen molar-refractivity contribution >= 4 is 39.3 Å². The van der Waals surface area contributed by atoms with Crippen LogP contribution < -0.4 is 0 Å². The highest BCUT2D eigenvalue weighted by Crippen LogP contribution is 2.37. The summed E-state index contributed by atoms with van der Waals surface area (Å²) in [6.07, 6.45) is -0.372. The molecule has 0 amide bonds. The lowest BCUT2D eigenvalue weighted by Crippen LogP contribution is -2.10. The summed E-state index contributed by atoms with van der Waals surface area (Å²) >= 11 is 11.1. The molecule has 0 fully saturated rings. The summed E-state index contributed by atoms with van der Waals surface area (Å²) in [5, 5.41) is 10.5. The van der Waals surface area contributed by atoms with Crippen LogP contribution in [0.15, 0.2) is 16.6 Å². The van der Waals surface area contributed by atoms with Crippen molar-refractivity contribution in [3.63, 3.8) is 0 Å². The summed E-state index contributed by atoms with van der Waals surface area (Å²) in [5.74, 6) is 1.66. The number of aliphatic hydroxyl groups excluding tert-OH is 1. The number of rotatable bonds is 0.